The minimum atomic E-state index is -0.279. The lowest BCUT2D eigenvalue weighted by molar-refractivity contribution is -0.136. The van der Waals surface area contributed by atoms with Crippen LogP contribution >= 0.6 is 0 Å². The Hall–Kier alpha value is -1.71. The molecule has 0 atom stereocenters. The van der Waals surface area contributed by atoms with Crippen molar-refractivity contribution in [1.29, 1.82) is 0 Å². The van der Waals surface area contributed by atoms with E-state index in [-0.39, 0.29) is 29.3 Å². The van der Waals surface area contributed by atoms with Crippen molar-refractivity contribution in [1.82, 2.24) is 4.90 Å². The molecule has 3 rings (SSSR count). The summed E-state index contributed by atoms with van der Waals surface area (Å²) in [4.78, 5) is 26.9. The molecule has 2 aliphatic rings. The molecule has 1 saturated heterocycles. The van der Waals surface area contributed by atoms with E-state index in [1.165, 1.54) is 6.07 Å². The van der Waals surface area contributed by atoms with E-state index in [4.69, 9.17) is 0 Å². The molecule has 0 radical (unpaired) electrons. The van der Waals surface area contributed by atoms with Crippen molar-refractivity contribution in [2.24, 2.45) is 11.8 Å². The summed E-state index contributed by atoms with van der Waals surface area (Å²) < 4.78 is 13.3. The van der Waals surface area contributed by atoms with Gasteiger partial charge in [0.05, 0.1) is 0 Å². The quantitative estimate of drug-likeness (QED) is 0.796. The lowest BCUT2D eigenvalue weighted by atomic mass is 9.88. The summed E-state index contributed by atoms with van der Waals surface area (Å²) in [5.41, 5.74) is 1.09. The van der Waals surface area contributed by atoms with E-state index >= 15 is 0 Å². The van der Waals surface area contributed by atoms with Crippen molar-refractivity contribution >= 4 is 11.7 Å². The molecule has 4 heteroatoms. The van der Waals surface area contributed by atoms with Crippen molar-refractivity contribution in [2.75, 3.05) is 13.1 Å². The summed E-state index contributed by atoms with van der Waals surface area (Å²) in [5.74, 6) is 0.250. The molecular formula is C19H24FNO2. The second-order valence-electron chi connectivity index (χ2n) is 6.91. The molecule has 3 nitrogen and oxygen atoms in total. The first kappa shape index (κ1) is 16.2. The maximum Gasteiger partial charge on any atom is 0.225 e. The minimum absolute atomic E-state index is 0.0486. The fourth-order valence-corrected chi connectivity index (χ4v) is 3.83. The van der Waals surface area contributed by atoms with Crippen LogP contribution in [0.25, 0.3) is 0 Å². The van der Waals surface area contributed by atoms with Gasteiger partial charge in [-0.15, -0.1) is 0 Å². The molecule has 0 spiro atoms. The molecule has 0 N–H and O–H groups in total. The monoisotopic (exact) mass is 317 g/mol. The van der Waals surface area contributed by atoms with Crippen LogP contribution in [0.2, 0.25) is 0 Å². The third-order valence-corrected chi connectivity index (χ3v) is 5.32. The number of nitrogens with zero attached hydrogens (tertiary/aromatic N) is 1. The van der Waals surface area contributed by atoms with Gasteiger partial charge in [0.2, 0.25) is 5.91 Å². The maximum atomic E-state index is 13.3. The summed E-state index contributed by atoms with van der Waals surface area (Å²) in [7, 11) is 0. The number of carbonyl (C=O) groups excluding carboxylic acids is 2. The zero-order valence-electron chi connectivity index (χ0n) is 13.7. The van der Waals surface area contributed by atoms with E-state index < -0.39 is 0 Å². The third kappa shape index (κ3) is 3.46. The highest BCUT2D eigenvalue weighted by molar-refractivity contribution is 5.98. The average Bonchev–Trinajstić information content (AvgIpc) is 3.11. The second-order valence-corrected chi connectivity index (χ2v) is 6.91. The van der Waals surface area contributed by atoms with Crippen molar-refractivity contribution in [2.45, 2.75) is 45.4 Å². The predicted molar refractivity (Wildman–Crippen MR) is 86.7 cm³/mol. The number of amides is 1. The van der Waals surface area contributed by atoms with Crippen LogP contribution in [-0.2, 0) is 4.79 Å². The zero-order valence-corrected chi connectivity index (χ0v) is 13.7. The molecular weight excluding hydrogens is 293 g/mol. The smallest absolute Gasteiger partial charge is 0.225 e. The molecule has 0 aromatic heterocycles. The molecule has 2 fully saturated rings. The summed E-state index contributed by atoms with van der Waals surface area (Å²) >= 11 is 0. The summed E-state index contributed by atoms with van der Waals surface area (Å²) in [6.45, 7) is 3.02. The average molecular weight is 317 g/mol. The number of carbonyl (C=O) groups is 2. The van der Waals surface area contributed by atoms with Crippen LogP contribution in [0.15, 0.2) is 18.2 Å². The van der Waals surface area contributed by atoms with Crippen LogP contribution in [0.5, 0.6) is 0 Å². The van der Waals surface area contributed by atoms with E-state index in [1.54, 1.807) is 19.1 Å². The molecule has 1 aromatic rings. The van der Waals surface area contributed by atoms with E-state index in [2.05, 4.69) is 0 Å². The number of rotatable bonds is 3. The van der Waals surface area contributed by atoms with Crippen LogP contribution in [0.1, 0.15) is 54.4 Å². The van der Waals surface area contributed by atoms with Crippen molar-refractivity contribution in [3.05, 3.63) is 35.1 Å². The van der Waals surface area contributed by atoms with Crippen LogP contribution in [0.4, 0.5) is 4.39 Å². The first-order valence-electron chi connectivity index (χ1n) is 8.65. The molecule has 0 unspecified atom stereocenters. The zero-order chi connectivity index (χ0) is 16.4. The standard InChI is InChI=1S/C19H24FNO2/c1-13-12-16(6-7-17(13)20)18(22)14-8-10-21(11-9-14)19(23)15-4-2-3-5-15/h6-7,12,14-15H,2-5,8-11H2,1H3. The summed E-state index contributed by atoms with van der Waals surface area (Å²) in [6.07, 6.45) is 5.80. The van der Waals surface area contributed by atoms with Gasteiger partial charge in [0.15, 0.2) is 5.78 Å². The number of benzene rings is 1. The Kier molecular flexibility index (Phi) is 4.79. The van der Waals surface area contributed by atoms with E-state index in [0.717, 1.165) is 25.7 Å². The lowest BCUT2D eigenvalue weighted by Gasteiger charge is -2.33. The molecule has 124 valence electrons. The summed E-state index contributed by atoms with van der Waals surface area (Å²) in [6, 6.07) is 4.57. The molecule has 1 aliphatic heterocycles. The highest BCUT2D eigenvalue weighted by atomic mass is 19.1. The van der Waals surface area contributed by atoms with Crippen molar-refractivity contribution in [3.63, 3.8) is 0 Å². The Morgan fingerprint density at radius 2 is 1.70 bits per heavy atom. The van der Waals surface area contributed by atoms with Gasteiger partial charge in [-0.2, -0.15) is 0 Å². The minimum Gasteiger partial charge on any atom is -0.342 e. The molecule has 23 heavy (non-hydrogen) atoms. The number of likely N-dealkylation sites (tertiary alicyclic amines) is 1. The van der Waals surface area contributed by atoms with Crippen LogP contribution in [-0.4, -0.2) is 29.7 Å². The highest BCUT2D eigenvalue weighted by Crippen LogP contribution is 2.29. The normalized spacial score (nSPS) is 20.0. The summed E-state index contributed by atoms with van der Waals surface area (Å²) in [5, 5.41) is 0. The fourth-order valence-electron chi connectivity index (χ4n) is 3.83. The molecule has 1 amide bonds. The molecule has 0 bridgehead atoms. The van der Waals surface area contributed by atoms with E-state index in [1.807, 2.05) is 4.90 Å². The number of Topliss-reactive ketones (excluding diaryl/α,β-unsaturated/α-hetero) is 1. The Balaban J connectivity index is 1.58. The van der Waals surface area contributed by atoms with Gasteiger partial charge < -0.3 is 4.90 Å². The van der Waals surface area contributed by atoms with Gasteiger partial charge in [0.1, 0.15) is 5.82 Å². The number of hydrogen-bond acceptors (Lipinski definition) is 2. The SMILES string of the molecule is Cc1cc(C(=O)C2CCN(C(=O)C3CCCC3)CC2)ccc1F. The predicted octanol–water partition coefficient (Wildman–Crippen LogP) is 3.75. The number of hydrogen-bond donors (Lipinski definition) is 0. The Morgan fingerprint density at radius 1 is 1.04 bits per heavy atom. The Morgan fingerprint density at radius 3 is 2.30 bits per heavy atom. The second kappa shape index (κ2) is 6.81. The molecule has 1 aromatic carbocycles. The van der Waals surface area contributed by atoms with Gasteiger partial charge in [-0.3, -0.25) is 9.59 Å². The van der Waals surface area contributed by atoms with Gasteiger partial charge in [-0.05, 0) is 56.4 Å². The third-order valence-electron chi connectivity index (χ3n) is 5.32. The topological polar surface area (TPSA) is 37.4 Å². The van der Waals surface area contributed by atoms with Gasteiger partial charge in [0.25, 0.3) is 0 Å². The van der Waals surface area contributed by atoms with Gasteiger partial charge in [-0.25, -0.2) is 4.39 Å². The van der Waals surface area contributed by atoms with Gasteiger partial charge in [-0.1, -0.05) is 12.8 Å². The van der Waals surface area contributed by atoms with E-state index in [0.29, 0.717) is 37.1 Å². The number of aryl methyl sites for hydroxylation is 1. The van der Waals surface area contributed by atoms with Crippen LogP contribution in [0, 0.1) is 24.6 Å². The van der Waals surface area contributed by atoms with Crippen LogP contribution < -0.4 is 0 Å². The van der Waals surface area contributed by atoms with Gasteiger partial charge >= 0.3 is 0 Å². The van der Waals surface area contributed by atoms with E-state index in [9.17, 15) is 14.0 Å². The fraction of sp³-hybridized carbons (Fsp3) is 0.579. The van der Waals surface area contributed by atoms with Crippen molar-refractivity contribution < 1.29 is 14.0 Å². The largest absolute Gasteiger partial charge is 0.342 e. The first-order chi connectivity index (χ1) is 11.1. The molecule has 1 saturated carbocycles. The lowest BCUT2D eigenvalue weighted by Crippen LogP contribution is -2.42. The van der Waals surface area contributed by atoms with Crippen LogP contribution in [0.3, 0.4) is 0 Å². The number of ketones is 1. The number of halogens is 1. The highest BCUT2D eigenvalue weighted by Gasteiger charge is 2.32. The molecule has 1 heterocycles. The Bertz CT molecular complexity index is 599. The van der Waals surface area contributed by atoms with Crippen molar-refractivity contribution in [3.8, 4) is 0 Å². The Labute approximate surface area is 136 Å². The number of piperidine rings is 1. The van der Waals surface area contributed by atoms with Gasteiger partial charge in [0, 0.05) is 30.5 Å². The molecule has 1 aliphatic carbocycles. The maximum absolute atomic E-state index is 13.3. The first-order valence-corrected chi connectivity index (χ1v) is 8.65.